The Morgan fingerprint density at radius 3 is 2.83 bits per heavy atom. The number of nitrogens with zero attached hydrogens (tertiary/aromatic N) is 3. The van der Waals surface area contributed by atoms with E-state index in [1.807, 2.05) is 10.3 Å². The molecular formula is C16H24N4O2S. The molecule has 3 fully saturated rings. The van der Waals surface area contributed by atoms with Crippen molar-refractivity contribution >= 4 is 22.4 Å². The molecule has 1 atom stereocenters. The van der Waals surface area contributed by atoms with Gasteiger partial charge in [-0.05, 0) is 25.7 Å². The van der Waals surface area contributed by atoms with Crippen LogP contribution in [0.15, 0.2) is 5.38 Å². The third-order valence-electron chi connectivity index (χ3n) is 4.91. The van der Waals surface area contributed by atoms with E-state index < -0.39 is 0 Å². The predicted molar refractivity (Wildman–Crippen MR) is 90.2 cm³/mol. The second-order valence-corrected chi connectivity index (χ2v) is 7.53. The number of likely N-dealkylation sites (tertiary alicyclic amines) is 1. The van der Waals surface area contributed by atoms with Crippen molar-refractivity contribution in [2.24, 2.45) is 0 Å². The van der Waals surface area contributed by atoms with Crippen LogP contribution in [0.4, 0.5) is 5.13 Å². The SMILES string of the molecule is O=C(c1csc(N2CCCCC2)n1)N1CC(NC2CCOC2)C1. The monoisotopic (exact) mass is 336 g/mol. The molecule has 0 saturated carbocycles. The maximum Gasteiger partial charge on any atom is 0.273 e. The minimum absolute atomic E-state index is 0.0743. The Balaban J connectivity index is 1.29. The summed E-state index contributed by atoms with van der Waals surface area (Å²) in [6.07, 6.45) is 4.85. The molecule has 4 rings (SSSR count). The van der Waals surface area contributed by atoms with Gasteiger partial charge in [-0.15, -0.1) is 11.3 Å². The summed E-state index contributed by atoms with van der Waals surface area (Å²) in [6.45, 7) is 5.36. The van der Waals surface area contributed by atoms with Gasteiger partial charge in [-0.3, -0.25) is 4.79 Å². The molecule has 3 aliphatic heterocycles. The number of piperidine rings is 1. The quantitative estimate of drug-likeness (QED) is 0.899. The average Bonchev–Trinajstić information content (AvgIpc) is 3.22. The number of nitrogens with one attached hydrogen (secondary N) is 1. The topological polar surface area (TPSA) is 57.7 Å². The van der Waals surface area contributed by atoms with Crippen LogP contribution in [-0.4, -0.2) is 67.3 Å². The maximum absolute atomic E-state index is 12.5. The number of amides is 1. The van der Waals surface area contributed by atoms with Gasteiger partial charge in [0.1, 0.15) is 5.69 Å². The molecule has 1 N–H and O–H groups in total. The number of hydrogen-bond donors (Lipinski definition) is 1. The van der Waals surface area contributed by atoms with Crippen LogP contribution in [0.2, 0.25) is 0 Å². The molecular weight excluding hydrogens is 312 g/mol. The largest absolute Gasteiger partial charge is 0.380 e. The van der Waals surface area contributed by atoms with Gasteiger partial charge in [-0.25, -0.2) is 4.98 Å². The van der Waals surface area contributed by atoms with E-state index in [1.165, 1.54) is 19.3 Å². The van der Waals surface area contributed by atoms with Gasteiger partial charge >= 0.3 is 0 Å². The van der Waals surface area contributed by atoms with Gasteiger partial charge in [0.05, 0.1) is 6.61 Å². The number of carbonyl (C=O) groups is 1. The van der Waals surface area contributed by atoms with Crippen molar-refractivity contribution < 1.29 is 9.53 Å². The summed E-state index contributed by atoms with van der Waals surface area (Å²) in [5.74, 6) is 0.0743. The summed E-state index contributed by atoms with van der Waals surface area (Å²) in [5, 5.41) is 6.48. The van der Waals surface area contributed by atoms with E-state index in [1.54, 1.807) is 11.3 Å². The van der Waals surface area contributed by atoms with E-state index >= 15 is 0 Å². The first kappa shape index (κ1) is 15.4. The van der Waals surface area contributed by atoms with Crippen LogP contribution in [-0.2, 0) is 4.74 Å². The van der Waals surface area contributed by atoms with Gasteiger partial charge in [-0.1, -0.05) is 0 Å². The molecule has 0 aromatic carbocycles. The fraction of sp³-hybridized carbons (Fsp3) is 0.750. The van der Waals surface area contributed by atoms with Gasteiger partial charge < -0.3 is 19.9 Å². The molecule has 1 unspecified atom stereocenters. The smallest absolute Gasteiger partial charge is 0.273 e. The molecule has 1 aromatic heterocycles. The molecule has 0 radical (unpaired) electrons. The summed E-state index contributed by atoms with van der Waals surface area (Å²) in [7, 11) is 0. The van der Waals surface area contributed by atoms with Gasteiger partial charge in [-0.2, -0.15) is 0 Å². The van der Waals surface area contributed by atoms with E-state index in [-0.39, 0.29) is 5.91 Å². The molecule has 1 aromatic rings. The van der Waals surface area contributed by atoms with E-state index in [9.17, 15) is 4.79 Å². The highest BCUT2D eigenvalue weighted by Crippen LogP contribution is 2.25. The van der Waals surface area contributed by atoms with Gasteiger partial charge in [0, 0.05) is 50.2 Å². The molecule has 0 spiro atoms. The fourth-order valence-corrected chi connectivity index (χ4v) is 4.36. The van der Waals surface area contributed by atoms with Crippen LogP contribution in [0.25, 0.3) is 0 Å². The van der Waals surface area contributed by atoms with E-state index in [0.29, 0.717) is 17.8 Å². The zero-order chi connectivity index (χ0) is 15.6. The molecule has 7 heteroatoms. The minimum Gasteiger partial charge on any atom is -0.380 e. The van der Waals surface area contributed by atoms with Crippen molar-refractivity contribution in [2.45, 2.75) is 37.8 Å². The lowest BCUT2D eigenvalue weighted by Gasteiger charge is -2.40. The summed E-state index contributed by atoms with van der Waals surface area (Å²) < 4.78 is 5.37. The Labute approximate surface area is 140 Å². The van der Waals surface area contributed by atoms with Gasteiger partial charge in [0.25, 0.3) is 5.91 Å². The maximum atomic E-state index is 12.5. The first-order valence-electron chi connectivity index (χ1n) is 8.63. The number of thiazole rings is 1. The summed E-state index contributed by atoms with van der Waals surface area (Å²) >= 11 is 1.60. The van der Waals surface area contributed by atoms with Crippen molar-refractivity contribution in [1.29, 1.82) is 0 Å². The Bertz CT molecular complexity index is 546. The zero-order valence-corrected chi connectivity index (χ0v) is 14.2. The van der Waals surface area contributed by atoms with Crippen LogP contribution in [0, 0.1) is 0 Å². The zero-order valence-electron chi connectivity index (χ0n) is 13.4. The Morgan fingerprint density at radius 1 is 1.26 bits per heavy atom. The van der Waals surface area contributed by atoms with E-state index in [4.69, 9.17) is 4.74 Å². The second-order valence-electron chi connectivity index (χ2n) is 6.70. The molecule has 3 saturated heterocycles. The van der Waals surface area contributed by atoms with Crippen LogP contribution >= 0.6 is 11.3 Å². The van der Waals surface area contributed by atoms with E-state index in [0.717, 1.165) is 50.9 Å². The van der Waals surface area contributed by atoms with Crippen LogP contribution in [0.5, 0.6) is 0 Å². The highest BCUT2D eigenvalue weighted by Gasteiger charge is 2.34. The number of ether oxygens (including phenoxy) is 1. The highest BCUT2D eigenvalue weighted by atomic mass is 32.1. The fourth-order valence-electron chi connectivity index (χ4n) is 3.50. The van der Waals surface area contributed by atoms with Crippen molar-refractivity contribution in [3.8, 4) is 0 Å². The summed E-state index contributed by atoms with van der Waals surface area (Å²) in [5.41, 5.74) is 0.609. The normalized spacial score (nSPS) is 25.7. The lowest BCUT2D eigenvalue weighted by atomic mass is 10.1. The first-order valence-corrected chi connectivity index (χ1v) is 9.51. The molecule has 4 heterocycles. The third-order valence-corrected chi connectivity index (χ3v) is 5.81. The Morgan fingerprint density at radius 2 is 2.09 bits per heavy atom. The minimum atomic E-state index is 0.0743. The first-order chi connectivity index (χ1) is 11.3. The highest BCUT2D eigenvalue weighted by molar-refractivity contribution is 7.13. The molecule has 6 nitrogen and oxygen atoms in total. The van der Waals surface area contributed by atoms with Crippen LogP contribution in [0.3, 0.4) is 0 Å². The van der Waals surface area contributed by atoms with Crippen molar-refractivity contribution in [3.05, 3.63) is 11.1 Å². The lowest BCUT2D eigenvalue weighted by Crippen LogP contribution is -2.61. The van der Waals surface area contributed by atoms with Gasteiger partial charge in [0.15, 0.2) is 5.13 Å². The van der Waals surface area contributed by atoms with Crippen LogP contribution < -0.4 is 10.2 Å². The standard InChI is InChI=1S/C16H24N4O2S/c21-15(20-8-13(9-20)17-12-4-7-22-10-12)14-11-23-16(18-14)19-5-2-1-3-6-19/h11-13,17H,1-10H2. The Kier molecular flexibility index (Phi) is 4.50. The number of anilines is 1. The summed E-state index contributed by atoms with van der Waals surface area (Å²) in [4.78, 5) is 21.3. The number of aromatic nitrogens is 1. The molecule has 0 bridgehead atoms. The lowest BCUT2D eigenvalue weighted by molar-refractivity contribution is 0.0543. The molecule has 23 heavy (non-hydrogen) atoms. The molecule has 126 valence electrons. The third kappa shape index (κ3) is 3.36. The number of hydrogen-bond acceptors (Lipinski definition) is 6. The van der Waals surface area contributed by atoms with Crippen LogP contribution in [0.1, 0.15) is 36.2 Å². The van der Waals surface area contributed by atoms with Crippen molar-refractivity contribution in [3.63, 3.8) is 0 Å². The Hall–Kier alpha value is -1.18. The average molecular weight is 336 g/mol. The van der Waals surface area contributed by atoms with Crippen molar-refractivity contribution in [2.75, 3.05) is 44.3 Å². The van der Waals surface area contributed by atoms with Gasteiger partial charge in [0.2, 0.25) is 0 Å². The predicted octanol–water partition coefficient (Wildman–Crippen LogP) is 1.34. The van der Waals surface area contributed by atoms with Crippen molar-refractivity contribution in [1.82, 2.24) is 15.2 Å². The number of rotatable bonds is 4. The number of carbonyl (C=O) groups excluding carboxylic acids is 1. The summed E-state index contributed by atoms with van der Waals surface area (Å²) in [6, 6.07) is 0.869. The molecule has 3 aliphatic rings. The van der Waals surface area contributed by atoms with E-state index in [2.05, 4.69) is 15.2 Å². The second kappa shape index (κ2) is 6.75. The molecule has 1 amide bonds. The molecule has 0 aliphatic carbocycles.